The largest absolute Gasteiger partial charge is 0.369 e. The molecular formula is C21H20ClFN4O2. The maximum absolute atomic E-state index is 15.3. The first kappa shape index (κ1) is 20.7. The molecule has 0 fully saturated rings. The number of carbonyl (C=O) groups excluding carboxylic acids is 1. The van der Waals surface area contributed by atoms with Crippen molar-refractivity contribution in [1.82, 2.24) is 15.0 Å². The number of aryl methyl sites for hydroxylation is 1. The average Bonchev–Trinajstić information content (AvgIpc) is 2.63. The molecule has 150 valence electrons. The number of hydrogen-bond acceptors (Lipinski definition) is 4. The summed E-state index contributed by atoms with van der Waals surface area (Å²) in [6, 6.07) is 6.14. The molecule has 0 spiro atoms. The molecule has 0 unspecified atom stereocenters. The zero-order valence-corrected chi connectivity index (χ0v) is 17.0. The molecule has 1 amide bonds. The highest BCUT2D eigenvalue weighted by Crippen LogP contribution is 2.33. The van der Waals surface area contributed by atoms with Crippen molar-refractivity contribution in [3.63, 3.8) is 0 Å². The van der Waals surface area contributed by atoms with E-state index < -0.39 is 22.7 Å². The van der Waals surface area contributed by atoms with Gasteiger partial charge in [-0.05, 0) is 36.6 Å². The number of H-pyrrole nitrogens is 1. The SMILES string of the molecule is Cc1cncc(-c2cc(=O)[nH]c(-c3c(Cl)ccc(CC(C)(C)C(N)=O)c3F)n2)c1. The van der Waals surface area contributed by atoms with E-state index in [0.717, 1.165) is 5.56 Å². The molecule has 1 aromatic carbocycles. The summed E-state index contributed by atoms with van der Waals surface area (Å²) in [6.07, 6.45) is 3.32. The number of hydrogen-bond donors (Lipinski definition) is 2. The zero-order chi connectivity index (χ0) is 21.3. The molecule has 3 aromatic rings. The molecular weight excluding hydrogens is 395 g/mol. The lowest BCUT2D eigenvalue weighted by Gasteiger charge is -2.21. The second-order valence-electron chi connectivity index (χ2n) is 7.55. The molecule has 2 aromatic heterocycles. The summed E-state index contributed by atoms with van der Waals surface area (Å²) in [5, 5.41) is 0.0887. The predicted molar refractivity (Wildman–Crippen MR) is 110 cm³/mol. The molecule has 0 aliphatic carbocycles. The third-order valence-corrected chi connectivity index (χ3v) is 4.93. The molecule has 3 rings (SSSR count). The Labute approximate surface area is 172 Å². The highest BCUT2D eigenvalue weighted by atomic mass is 35.5. The van der Waals surface area contributed by atoms with E-state index in [0.29, 0.717) is 11.3 Å². The minimum atomic E-state index is -0.956. The summed E-state index contributed by atoms with van der Waals surface area (Å²) < 4.78 is 15.3. The summed E-state index contributed by atoms with van der Waals surface area (Å²) in [6.45, 7) is 5.13. The second-order valence-corrected chi connectivity index (χ2v) is 7.96. The Balaban J connectivity index is 2.15. The number of benzene rings is 1. The van der Waals surface area contributed by atoms with Crippen LogP contribution in [0.25, 0.3) is 22.6 Å². The van der Waals surface area contributed by atoms with Gasteiger partial charge in [0.15, 0.2) is 0 Å². The number of halogens is 2. The van der Waals surface area contributed by atoms with Crippen LogP contribution < -0.4 is 11.3 Å². The van der Waals surface area contributed by atoms with Crippen LogP contribution in [0.15, 0.2) is 41.5 Å². The monoisotopic (exact) mass is 414 g/mol. The number of nitrogens with one attached hydrogen (secondary N) is 1. The van der Waals surface area contributed by atoms with E-state index in [4.69, 9.17) is 17.3 Å². The van der Waals surface area contributed by atoms with E-state index in [1.54, 1.807) is 26.2 Å². The van der Waals surface area contributed by atoms with E-state index in [1.165, 1.54) is 18.2 Å². The molecule has 29 heavy (non-hydrogen) atoms. The first-order chi connectivity index (χ1) is 13.6. The minimum absolute atomic E-state index is 0.00441. The van der Waals surface area contributed by atoms with Crippen LogP contribution in [-0.2, 0) is 11.2 Å². The van der Waals surface area contributed by atoms with Crippen molar-refractivity contribution >= 4 is 17.5 Å². The van der Waals surface area contributed by atoms with Gasteiger partial charge in [0.2, 0.25) is 5.91 Å². The fraction of sp³-hybridized carbons (Fsp3) is 0.238. The Morgan fingerprint density at radius 3 is 2.66 bits per heavy atom. The number of nitrogens with zero attached hydrogens (tertiary/aromatic N) is 2. The fourth-order valence-electron chi connectivity index (χ4n) is 2.93. The number of rotatable bonds is 5. The quantitative estimate of drug-likeness (QED) is 0.665. The first-order valence-corrected chi connectivity index (χ1v) is 9.27. The number of aromatic amines is 1. The highest BCUT2D eigenvalue weighted by molar-refractivity contribution is 6.33. The average molecular weight is 415 g/mol. The van der Waals surface area contributed by atoms with E-state index >= 15 is 4.39 Å². The van der Waals surface area contributed by atoms with Gasteiger partial charge in [-0.25, -0.2) is 9.37 Å². The van der Waals surface area contributed by atoms with Crippen molar-refractivity contribution in [3.05, 3.63) is 69.0 Å². The number of carbonyl (C=O) groups is 1. The maximum Gasteiger partial charge on any atom is 0.251 e. The number of aromatic nitrogens is 3. The normalized spacial score (nSPS) is 11.5. The van der Waals surface area contributed by atoms with Gasteiger partial charge in [0.05, 0.1) is 16.3 Å². The molecule has 2 heterocycles. The van der Waals surface area contributed by atoms with Crippen LogP contribution in [0.1, 0.15) is 25.0 Å². The van der Waals surface area contributed by atoms with Gasteiger partial charge in [-0.3, -0.25) is 14.6 Å². The van der Waals surface area contributed by atoms with Gasteiger partial charge in [0, 0.05) is 29.4 Å². The van der Waals surface area contributed by atoms with Crippen LogP contribution >= 0.6 is 11.6 Å². The van der Waals surface area contributed by atoms with E-state index in [1.807, 2.05) is 13.0 Å². The van der Waals surface area contributed by atoms with Crippen molar-refractivity contribution in [2.75, 3.05) is 0 Å². The lowest BCUT2D eigenvalue weighted by Crippen LogP contribution is -2.33. The Kier molecular flexibility index (Phi) is 5.53. The molecule has 0 radical (unpaired) electrons. The molecule has 0 saturated carbocycles. The molecule has 0 bridgehead atoms. The van der Waals surface area contributed by atoms with Crippen LogP contribution in [0.4, 0.5) is 4.39 Å². The van der Waals surface area contributed by atoms with Gasteiger partial charge in [-0.1, -0.05) is 31.5 Å². The topological polar surface area (TPSA) is 102 Å². The molecule has 6 nitrogen and oxygen atoms in total. The van der Waals surface area contributed by atoms with Crippen LogP contribution in [0.2, 0.25) is 5.02 Å². The van der Waals surface area contributed by atoms with Crippen molar-refractivity contribution in [2.24, 2.45) is 11.1 Å². The fourth-order valence-corrected chi connectivity index (χ4v) is 3.17. The molecule has 0 aliphatic rings. The van der Waals surface area contributed by atoms with Crippen LogP contribution in [-0.4, -0.2) is 20.9 Å². The summed E-state index contributed by atoms with van der Waals surface area (Å²) in [4.78, 5) is 34.9. The molecule has 0 atom stereocenters. The molecule has 3 N–H and O–H groups in total. The highest BCUT2D eigenvalue weighted by Gasteiger charge is 2.28. The number of primary amides is 1. The van der Waals surface area contributed by atoms with Gasteiger partial charge >= 0.3 is 0 Å². The maximum atomic E-state index is 15.3. The van der Waals surface area contributed by atoms with Crippen molar-refractivity contribution in [1.29, 1.82) is 0 Å². The Morgan fingerprint density at radius 2 is 2.00 bits per heavy atom. The molecule has 8 heteroatoms. The summed E-state index contributed by atoms with van der Waals surface area (Å²) in [5.74, 6) is -1.21. The van der Waals surface area contributed by atoms with Crippen molar-refractivity contribution in [2.45, 2.75) is 27.2 Å². The van der Waals surface area contributed by atoms with Crippen LogP contribution in [0, 0.1) is 18.2 Å². The summed E-state index contributed by atoms with van der Waals surface area (Å²) in [7, 11) is 0. The van der Waals surface area contributed by atoms with Gasteiger partial charge < -0.3 is 10.7 Å². The number of pyridine rings is 1. The third kappa shape index (κ3) is 4.35. The Bertz CT molecular complexity index is 1160. The van der Waals surface area contributed by atoms with Gasteiger partial charge in [0.25, 0.3) is 5.56 Å². The summed E-state index contributed by atoms with van der Waals surface area (Å²) >= 11 is 6.24. The van der Waals surface area contributed by atoms with E-state index in [9.17, 15) is 9.59 Å². The number of amides is 1. The Hall–Kier alpha value is -3.06. The van der Waals surface area contributed by atoms with Crippen LogP contribution in [0.5, 0.6) is 0 Å². The first-order valence-electron chi connectivity index (χ1n) is 8.89. The van der Waals surface area contributed by atoms with Gasteiger partial charge in [-0.15, -0.1) is 0 Å². The second kappa shape index (κ2) is 7.75. The van der Waals surface area contributed by atoms with E-state index in [2.05, 4.69) is 15.0 Å². The van der Waals surface area contributed by atoms with Crippen molar-refractivity contribution < 1.29 is 9.18 Å². The smallest absolute Gasteiger partial charge is 0.251 e. The van der Waals surface area contributed by atoms with Crippen LogP contribution in [0.3, 0.4) is 0 Å². The van der Waals surface area contributed by atoms with E-state index in [-0.39, 0.29) is 28.4 Å². The predicted octanol–water partition coefficient (Wildman–Crippen LogP) is 3.65. The third-order valence-electron chi connectivity index (χ3n) is 4.62. The summed E-state index contributed by atoms with van der Waals surface area (Å²) in [5.41, 5.74) is 6.08. The van der Waals surface area contributed by atoms with Crippen molar-refractivity contribution in [3.8, 4) is 22.6 Å². The standard InChI is InChI=1S/C21H20ClFN4O2/c1-11-6-13(10-25-9-11)15-7-16(28)27-19(26-15)17-14(22)5-4-12(18(17)23)8-21(2,3)20(24)29/h4-7,9-10H,8H2,1-3H3,(H2,24,29)(H,26,27,28). The van der Waals surface area contributed by atoms with Gasteiger partial charge in [0.1, 0.15) is 11.6 Å². The lowest BCUT2D eigenvalue weighted by atomic mass is 9.84. The van der Waals surface area contributed by atoms with Gasteiger partial charge in [-0.2, -0.15) is 0 Å². The zero-order valence-electron chi connectivity index (χ0n) is 16.2. The Morgan fingerprint density at radius 1 is 1.28 bits per heavy atom. The number of nitrogens with two attached hydrogens (primary N) is 1. The minimum Gasteiger partial charge on any atom is -0.369 e. The molecule has 0 saturated heterocycles. The molecule has 0 aliphatic heterocycles. The lowest BCUT2D eigenvalue weighted by molar-refractivity contribution is -0.125.